The number of halogens is 1. The minimum Gasteiger partial charge on any atom is -0.490 e. The summed E-state index contributed by atoms with van der Waals surface area (Å²) >= 11 is 0. The van der Waals surface area contributed by atoms with Crippen molar-refractivity contribution in [3.05, 3.63) is 53.2 Å². The second kappa shape index (κ2) is 6.96. The molecule has 0 aliphatic heterocycles. The molecule has 1 fully saturated rings. The van der Waals surface area contributed by atoms with Gasteiger partial charge in [-0.2, -0.15) is 0 Å². The Bertz CT molecular complexity index is 797. The summed E-state index contributed by atoms with van der Waals surface area (Å²) in [5.74, 6) is -2.02. The van der Waals surface area contributed by atoms with Crippen LogP contribution in [0, 0.1) is 11.7 Å². The van der Waals surface area contributed by atoms with Crippen LogP contribution in [0.1, 0.15) is 52.5 Å². The number of amides is 1. The molecule has 1 aliphatic rings. The second-order valence-corrected chi connectivity index (χ2v) is 6.11. The SMILES string of the molecule is CC(NC(=O)c1ccc(C(=O)O)o1)c1ccc(OCC2CC2)c(F)c1. The van der Waals surface area contributed by atoms with Gasteiger partial charge in [-0.25, -0.2) is 9.18 Å². The van der Waals surface area contributed by atoms with Crippen molar-refractivity contribution >= 4 is 11.9 Å². The summed E-state index contributed by atoms with van der Waals surface area (Å²) in [6.07, 6.45) is 2.25. The highest BCUT2D eigenvalue weighted by molar-refractivity contribution is 5.93. The van der Waals surface area contributed by atoms with Gasteiger partial charge in [-0.15, -0.1) is 0 Å². The molecule has 1 saturated carbocycles. The normalized spacial score (nSPS) is 14.8. The fourth-order valence-corrected chi connectivity index (χ4v) is 2.32. The van der Waals surface area contributed by atoms with Gasteiger partial charge < -0.3 is 19.6 Å². The van der Waals surface area contributed by atoms with Crippen LogP contribution in [0.2, 0.25) is 0 Å². The third-order valence-corrected chi connectivity index (χ3v) is 4.02. The Hall–Kier alpha value is -2.83. The number of carbonyl (C=O) groups excluding carboxylic acids is 1. The smallest absolute Gasteiger partial charge is 0.371 e. The molecular formula is C18H18FNO5. The zero-order valence-corrected chi connectivity index (χ0v) is 13.6. The van der Waals surface area contributed by atoms with Crippen LogP contribution < -0.4 is 10.1 Å². The first-order valence-corrected chi connectivity index (χ1v) is 8.00. The van der Waals surface area contributed by atoms with E-state index in [4.69, 9.17) is 14.3 Å². The number of furan rings is 1. The summed E-state index contributed by atoms with van der Waals surface area (Å²) < 4.78 is 24.5. The van der Waals surface area contributed by atoms with Crippen molar-refractivity contribution in [2.24, 2.45) is 5.92 Å². The Morgan fingerprint density at radius 2 is 2.04 bits per heavy atom. The first kappa shape index (κ1) is 17.0. The van der Waals surface area contributed by atoms with E-state index >= 15 is 0 Å². The van der Waals surface area contributed by atoms with Gasteiger partial charge in [-0.1, -0.05) is 6.07 Å². The highest BCUT2D eigenvalue weighted by Crippen LogP contribution is 2.30. The van der Waals surface area contributed by atoms with Crippen molar-refractivity contribution in [2.45, 2.75) is 25.8 Å². The van der Waals surface area contributed by atoms with E-state index in [1.54, 1.807) is 19.1 Å². The number of benzene rings is 1. The molecule has 2 N–H and O–H groups in total. The minimum atomic E-state index is -1.25. The third-order valence-electron chi connectivity index (χ3n) is 4.02. The quantitative estimate of drug-likeness (QED) is 0.801. The average Bonchev–Trinajstić information content (AvgIpc) is 3.26. The fourth-order valence-electron chi connectivity index (χ4n) is 2.32. The molecule has 0 radical (unpaired) electrons. The van der Waals surface area contributed by atoms with Gasteiger partial charge in [0.25, 0.3) is 5.91 Å². The van der Waals surface area contributed by atoms with Crippen molar-refractivity contribution in [2.75, 3.05) is 6.61 Å². The van der Waals surface area contributed by atoms with Crippen molar-refractivity contribution < 1.29 is 28.2 Å². The molecular weight excluding hydrogens is 329 g/mol. The molecule has 2 aromatic rings. The maximum Gasteiger partial charge on any atom is 0.371 e. The third kappa shape index (κ3) is 4.17. The number of carboxylic acid groups (broad SMARTS) is 1. The van der Waals surface area contributed by atoms with Crippen LogP contribution in [0.5, 0.6) is 5.75 Å². The Labute approximate surface area is 143 Å². The first-order chi connectivity index (χ1) is 11.9. The highest BCUT2D eigenvalue weighted by Gasteiger charge is 2.23. The Morgan fingerprint density at radius 3 is 2.64 bits per heavy atom. The predicted molar refractivity (Wildman–Crippen MR) is 86.2 cm³/mol. The summed E-state index contributed by atoms with van der Waals surface area (Å²) in [6, 6.07) is 6.54. The number of rotatable bonds is 7. The van der Waals surface area contributed by atoms with Gasteiger partial charge in [0.2, 0.25) is 5.76 Å². The Balaban J connectivity index is 1.63. The molecule has 25 heavy (non-hydrogen) atoms. The predicted octanol–water partition coefficient (Wildman–Crippen LogP) is 3.40. The maximum atomic E-state index is 14.1. The zero-order chi connectivity index (χ0) is 18.0. The molecule has 3 rings (SSSR count). The van der Waals surface area contributed by atoms with Crippen LogP contribution in [0.4, 0.5) is 4.39 Å². The van der Waals surface area contributed by atoms with E-state index in [0.29, 0.717) is 18.1 Å². The van der Waals surface area contributed by atoms with E-state index in [0.717, 1.165) is 12.8 Å². The zero-order valence-electron chi connectivity index (χ0n) is 13.6. The van der Waals surface area contributed by atoms with Crippen LogP contribution in [0.15, 0.2) is 34.7 Å². The molecule has 0 spiro atoms. The van der Waals surface area contributed by atoms with E-state index in [1.165, 1.54) is 18.2 Å². The summed E-state index contributed by atoms with van der Waals surface area (Å²) in [7, 11) is 0. The van der Waals surface area contributed by atoms with Crippen LogP contribution >= 0.6 is 0 Å². The van der Waals surface area contributed by atoms with Crippen LogP contribution in [-0.2, 0) is 0 Å². The molecule has 1 aromatic heterocycles. The van der Waals surface area contributed by atoms with Gasteiger partial charge in [0.1, 0.15) is 0 Å². The van der Waals surface area contributed by atoms with E-state index in [2.05, 4.69) is 5.32 Å². The monoisotopic (exact) mass is 347 g/mol. The highest BCUT2D eigenvalue weighted by atomic mass is 19.1. The largest absolute Gasteiger partial charge is 0.490 e. The van der Waals surface area contributed by atoms with Crippen LogP contribution in [-0.4, -0.2) is 23.6 Å². The lowest BCUT2D eigenvalue weighted by molar-refractivity contribution is 0.0659. The molecule has 1 atom stereocenters. The van der Waals surface area contributed by atoms with Gasteiger partial charge in [-0.3, -0.25) is 4.79 Å². The maximum absolute atomic E-state index is 14.1. The van der Waals surface area contributed by atoms with Gasteiger partial charge in [-0.05, 0) is 55.5 Å². The molecule has 1 amide bonds. The second-order valence-electron chi connectivity index (χ2n) is 6.11. The molecule has 6 nitrogen and oxygen atoms in total. The van der Waals surface area contributed by atoms with Gasteiger partial charge in [0, 0.05) is 0 Å². The molecule has 0 saturated heterocycles. The number of carboxylic acids is 1. The van der Waals surface area contributed by atoms with Crippen molar-refractivity contribution in [1.29, 1.82) is 0 Å². The van der Waals surface area contributed by atoms with Crippen molar-refractivity contribution in [3.63, 3.8) is 0 Å². The first-order valence-electron chi connectivity index (χ1n) is 8.00. The van der Waals surface area contributed by atoms with Gasteiger partial charge >= 0.3 is 5.97 Å². The molecule has 0 bridgehead atoms. The van der Waals surface area contributed by atoms with E-state index in [-0.39, 0.29) is 17.3 Å². The van der Waals surface area contributed by atoms with Crippen LogP contribution in [0.3, 0.4) is 0 Å². The number of carbonyl (C=O) groups is 2. The summed E-state index contributed by atoms with van der Waals surface area (Å²) in [6.45, 7) is 2.21. The Kier molecular flexibility index (Phi) is 4.74. The lowest BCUT2D eigenvalue weighted by Crippen LogP contribution is -2.26. The fraction of sp³-hybridized carbons (Fsp3) is 0.333. The van der Waals surface area contributed by atoms with Crippen LogP contribution in [0.25, 0.3) is 0 Å². The molecule has 1 aliphatic carbocycles. The lowest BCUT2D eigenvalue weighted by atomic mass is 10.1. The molecule has 1 aromatic carbocycles. The molecule has 1 unspecified atom stereocenters. The van der Waals surface area contributed by atoms with E-state index < -0.39 is 23.7 Å². The molecule has 1 heterocycles. The van der Waals surface area contributed by atoms with Gasteiger partial charge in [0.05, 0.1) is 12.6 Å². The minimum absolute atomic E-state index is 0.117. The van der Waals surface area contributed by atoms with E-state index in [9.17, 15) is 14.0 Å². The lowest BCUT2D eigenvalue weighted by Gasteiger charge is -2.15. The number of hydrogen-bond acceptors (Lipinski definition) is 4. The molecule has 7 heteroatoms. The number of aromatic carboxylic acids is 1. The van der Waals surface area contributed by atoms with E-state index in [1.807, 2.05) is 0 Å². The number of nitrogens with one attached hydrogen (secondary N) is 1. The molecule has 132 valence electrons. The average molecular weight is 347 g/mol. The topological polar surface area (TPSA) is 88.8 Å². The standard InChI is InChI=1S/C18H18FNO5/c1-10(20-17(21)15-6-7-16(25-15)18(22)23)12-4-5-14(13(19)8-12)24-9-11-2-3-11/h4-8,10-11H,2-3,9H2,1H3,(H,20,21)(H,22,23). The van der Waals surface area contributed by atoms with Gasteiger partial charge in [0.15, 0.2) is 17.3 Å². The Morgan fingerprint density at radius 1 is 1.32 bits per heavy atom. The summed E-state index contributed by atoms with van der Waals surface area (Å²) in [4.78, 5) is 22.9. The van der Waals surface area contributed by atoms with Crippen molar-refractivity contribution in [3.8, 4) is 5.75 Å². The number of hydrogen-bond donors (Lipinski definition) is 2. The summed E-state index contributed by atoms with van der Waals surface area (Å²) in [5, 5.41) is 11.4. The number of ether oxygens (including phenoxy) is 1. The van der Waals surface area contributed by atoms with Crippen molar-refractivity contribution in [1.82, 2.24) is 5.32 Å². The summed E-state index contributed by atoms with van der Waals surface area (Å²) in [5.41, 5.74) is 0.564.